The smallest absolute Gasteiger partial charge is 0.291 e. The lowest BCUT2D eigenvalue weighted by Crippen LogP contribution is -2.54. The van der Waals surface area contributed by atoms with E-state index in [1.54, 1.807) is 15.9 Å². The Labute approximate surface area is 240 Å². The third kappa shape index (κ3) is 5.62. The highest BCUT2D eigenvalue weighted by molar-refractivity contribution is 6.34. The molecule has 0 unspecified atom stereocenters. The fourth-order valence-corrected chi connectivity index (χ4v) is 5.39. The molecule has 2 aromatic carbocycles. The number of halogens is 3. The van der Waals surface area contributed by atoms with E-state index in [-0.39, 0.29) is 51.3 Å². The highest BCUT2D eigenvalue weighted by atomic mass is 35.5. The van der Waals surface area contributed by atoms with Gasteiger partial charge in [-0.05, 0) is 49.7 Å². The van der Waals surface area contributed by atoms with Crippen LogP contribution in [0.1, 0.15) is 33.8 Å². The predicted octanol–water partition coefficient (Wildman–Crippen LogP) is 3.32. The van der Waals surface area contributed by atoms with Crippen molar-refractivity contribution in [3.8, 4) is 17.0 Å². The van der Waals surface area contributed by atoms with Crippen LogP contribution >= 0.6 is 11.6 Å². The molecule has 1 atom stereocenters. The summed E-state index contributed by atoms with van der Waals surface area (Å²) in [6.45, 7) is 2.54. The van der Waals surface area contributed by atoms with E-state index < -0.39 is 17.5 Å². The highest BCUT2D eigenvalue weighted by Crippen LogP contribution is 2.30. The van der Waals surface area contributed by atoms with Crippen LogP contribution in [0.3, 0.4) is 0 Å². The van der Waals surface area contributed by atoms with E-state index in [0.717, 1.165) is 19.4 Å². The number of hydrogen-bond donors (Lipinski definition) is 2. The van der Waals surface area contributed by atoms with Crippen LogP contribution in [0.25, 0.3) is 11.3 Å². The lowest BCUT2D eigenvalue weighted by molar-refractivity contribution is -0.134. The van der Waals surface area contributed by atoms with Crippen molar-refractivity contribution in [2.45, 2.75) is 18.9 Å². The first kappa shape index (κ1) is 28.5. The summed E-state index contributed by atoms with van der Waals surface area (Å²) in [4.78, 5) is 46.3. The second-order valence-electron chi connectivity index (χ2n) is 9.88. The van der Waals surface area contributed by atoms with E-state index in [9.17, 15) is 23.2 Å². The molecule has 2 aliphatic heterocycles. The van der Waals surface area contributed by atoms with Crippen molar-refractivity contribution in [2.24, 2.45) is 7.05 Å². The van der Waals surface area contributed by atoms with E-state index >= 15 is 0 Å². The number of piperazine rings is 1. The van der Waals surface area contributed by atoms with Gasteiger partial charge in [-0.25, -0.2) is 9.37 Å². The third-order valence-corrected chi connectivity index (χ3v) is 7.74. The first-order chi connectivity index (χ1) is 19.7. The first-order valence-corrected chi connectivity index (χ1v) is 13.5. The summed E-state index contributed by atoms with van der Waals surface area (Å²) in [6.07, 6.45) is 3.09. The quantitative estimate of drug-likeness (QED) is 0.459. The van der Waals surface area contributed by atoms with Gasteiger partial charge in [-0.1, -0.05) is 11.6 Å². The molecule has 5 rings (SSSR count). The van der Waals surface area contributed by atoms with E-state index in [0.29, 0.717) is 31.9 Å². The molecule has 0 bridgehead atoms. The fraction of sp³-hybridized carbons (Fsp3) is 0.357. The standard InChI is InChI=1S/C28H29ClF2N6O4/c1-35-21(18-7-8-22(41-2)24(31)23(18)30)15-33-25(35)26(38)34-16-5-6-17(19(29)14-16)27(39)36-10-12-37(13-11-36)28(40)20-4-3-9-32-20/h5-8,14-15,20,32H,3-4,9-13H2,1-2H3,(H,34,38)/t20-/m0/s1. The van der Waals surface area contributed by atoms with Crippen LogP contribution in [-0.2, 0) is 11.8 Å². The summed E-state index contributed by atoms with van der Waals surface area (Å²) in [7, 11) is 2.74. The van der Waals surface area contributed by atoms with Gasteiger partial charge in [0.05, 0.1) is 35.6 Å². The molecule has 3 heterocycles. The topological polar surface area (TPSA) is 109 Å². The normalized spacial score (nSPS) is 17.0. The minimum absolute atomic E-state index is 0.0490. The Morgan fingerprint density at radius 3 is 2.46 bits per heavy atom. The van der Waals surface area contributed by atoms with Gasteiger partial charge in [0.2, 0.25) is 11.7 Å². The minimum atomic E-state index is -1.14. The van der Waals surface area contributed by atoms with E-state index in [4.69, 9.17) is 16.3 Å². The van der Waals surface area contributed by atoms with Gasteiger partial charge in [0.15, 0.2) is 17.4 Å². The number of ether oxygens (including phenoxy) is 1. The number of benzene rings is 2. The van der Waals surface area contributed by atoms with Crippen molar-refractivity contribution in [2.75, 3.05) is 45.2 Å². The van der Waals surface area contributed by atoms with E-state index in [1.165, 1.54) is 49.2 Å². The second-order valence-corrected chi connectivity index (χ2v) is 10.3. The van der Waals surface area contributed by atoms with Crippen LogP contribution in [0.15, 0.2) is 36.5 Å². The molecule has 2 saturated heterocycles. The summed E-state index contributed by atoms with van der Waals surface area (Å²) >= 11 is 6.43. The lowest BCUT2D eigenvalue weighted by Gasteiger charge is -2.36. The lowest BCUT2D eigenvalue weighted by atomic mass is 10.1. The molecular weight excluding hydrogens is 558 g/mol. The van der Waals surface area contributed by atoms with Crippen molar-refractivity contribution in [3.63, 3.8) is 0 Å². The van der Waals surface area contributed by atoms with Gasteiger partial charge >= 0.3 is 0 Å². The molecule has 13 heteroatoms. The summed E-state index contributed by atoms with van der Waals surface area (Å²) in [6, 6.07) is 7.03. The van der Waals surface area contributed by atoms with Gasteiger partial charge in [0.1, 0.15) is 0 Å². The fourth-order valence-electron chi connectivity index (χ4n) is 5.13. The molecule has 0 saturated carbocycles. The molecule has 3 aromatic rings. The SMILES string of the molecule is COc1ccc(-c2cnc(C(=O)Nc3ccc(C(=O)N4CCN(C(=O)[C@@H]5CCCN5)CC4)c(Cl)c3)n2C)c(F)c1F. The zero-order valence-electron chi connectivity index (χ0n) is 22.5. The molecule has 0 spiro atoms. The molecule has 2 N–H and O–H groups in total. The maximum absolute atomic E-state index is 14.6. The number of imidazole rings is 1. The second kappa shape index (κ2) is 11.8. The van der Waals surface area contributed by atoms with Crippen molar-refractivity contribution < 1.29 is 27.9 Å². The van der Waals surface area contributed by atoms with Gasteiger partial charge in [-0.2, -0.15) is 4.39 Å². The third-order valence-electron chi connectivity index (χ3n) is 7.43. The zero-order valence-corrected chi connectivity index (χ0v) is 23.3. The van der Waals surface area contributed by atoms with E-state index in [1.807, 2.05) is 0 Å². The van der Waals surface area contributed by atoms with Gasteiger partial charge in [-0.15, -0.1) is 0 Å². The van der Waals surface area contributed by atoms with Crippen LogP contribution in [-0.4, -0.2) is 82.9 Å². The summed E-state index contributed by atoms with van der Waals surface area (Å²) in [5.74, 6) is -3.34. The number of aromatic nitrogens is 2. The molecule has 2 fully saturated rings. The molecule has 10 nitrogen and oxygen atoms in total. The number of anilines is 1. The van der Waals surface area contributed by atoms with Gasteiger partial charge in [0.25, 0.3) is 11.8 Å². The number of rotatable bonds is 6. The Kier molecular flexibility index (Phi) is 8.22. The van der Waals surface area contributed by atoms with E-state index in [2.05, 4.69) is 15.6 Å². The Bertz CT molecular complexity index is 1500. The maximum atomic E-state index is 14.6. The number of nitrogens with zero attached hydrogens (tertiary/aromatic N) is 4. The molecule has 1 aromatic heterocycles. The monoisotopic (exact) mass is 586 g/mol. The van der Waals surface area contributed by atoms with Crippen molar-refractivity contribution in [1.82, 2.24) is 24.7 Å². The predicted molar refractivity (Wildman–Crippen MR) is 148 cm³/mol. The molecule has 41 heavy (non-hydrogen) atoms. The summed E-state index contributed by atoms with van der Waals surface area (Å²) in [5.41, 5.74) is 0.707. The Hall–Kier alpha value is -4.03. The molecule has 0 radical (unpaired) electrons. The van der Waals surface area contributed by atoms with Gasteiger partial charge in [0, 0.05) is 44.5 Å². The van der Waals surface area contributed by atoms with Crippen LogP contribution in [0.4, 0.5) is 14.5 Å². The molecule has 3 amide bonds. The number of hydrogen-bond acceptors (Lipinski definition) is 6. The highest BCUT2D eigenvalue weighted by Gasteiger charge is 2.31. The largest absolute Gasteiger partial charge is 0.494 e. The van der Waals surface area contributed by atoms with Crippen LogP contribution < -0.4 is 15.4 Å². The molecule has 0 aliphatic carbocycles. The number of nitrogens with one attached hydrogen (secondary N) is 2. The Balaban J connectivity index is 1.23. The molecule has 2 aliphatic rings. The van der Waals surface area contributed by atoms with Gasteiger partial charge in [-0.3, -0.25) is 14.4 Å². The molecular formula is C28H29ClF2N6O4. The Morgan fingerprint density at radius 2 is 1.80 bits per heavy atom. The van der Waals surface area contributed by atoms with Crippen LogP contribution in [0, 0.1) is 11.6 Å². The van der Waals surface area contributed by atoms with Crippen molar-refractivity contribution in [1.29, 1.82) is 0 Å². The van der Waals surface area contributed by atoms with Crippen molar-refractivity contribution >= 4 is 35.0 Å². The number of amides is 3. The summed E-state index contributed by atoms with van der Waals surface area (Å²) < 4.78 is 35.0. The van der Waals surface area contributed by atoms with Crippen LogP contribution in [0.5, 0.6) is 5.75 Å². The maximum Gasteiger partial charge on any atom is 0.291 e. The zero-order chi connectivity index (χ0) is 29.3. The summed E-state index contributed by atoms with van der Waals surface area (Å²) in [5, 5.41) is 6.03. The first-order valence-electron chi connectivity index (χ1n) is 13.2. The van der Waals surface area contributed by atoms with Crippen molar-refractivity contribution in [3.05, 3.63) is 64.6 Å². The minimum Gasteiger partial charge on any atom is -0.494 e. The average molecular weight is 587 g/mol. The number of carbonyl (C=O) groups is 3. The number of methoxy groups -OCH3 is 1. The molecule has 216 valence electrons. The Morgan fingerprint density at radius 1 is 1.07 bits per heavy atom. The van der Waals surface area contributed by atoms with Crippen LogP contribution in [0.2, 0.25) is 5.02 Å². The average Bonchev–Trinajstić information content (AvgIpc) is 3.64. The number of carbonyl (C=O) groups excluding carboxylic acids is 3. The van der Waals surface area contributed by atoms with Gasteiger partial charge < -0.3 is 29.7 Å².